The molecule has 0 radical (unpaired) electrons. The number of nitrogens with one attached hydrogen (secondary N) is 2. The lowest BCUT2D eigenvalue weighted by atomic mass is 9.59. The van der Waals surface area contributed by atoms with Gasteiger partial charge in [-0.3, -0.25) is 0 Å². The van der Waals surface area contributed by atoms with E-state index in [0.717, 1.165) is 44.0 Å². The summed E-state index contributed by atoms with van der Waals surface area (Å²) in [6, 6.07) is 9.82. The Balaban J connectivity index is 1.62. The van der Waals surface area contributed by atoms with Gasteiger partial charge in [0.1, 0.15) is 11.9 Å². The van der Waals surface area contributed by atoms with Gasteiger partial charge in [0, 0.05) is 18.5 Å². The highest BCUT2D eigenvalue weighted by molar-refractivity contribution is 5.67. The number of rotatable bonds is 6. The highest BCUT2D eigenvalue weighted by Crippen LogP contribution is 2.50. The molecular weight excluding hydrogens is 328 g/mol. The summed E-state index contributed by atoms with van der Waals surface area (Å²) in [5, 5.41) is 6.32. The van der Waals surface area contributed by atoms with E-state index in [4.69, 9.17) is 4.74 Å². The first kappa shape index (κ1) is 18.9. The van der Waals surface area contributed by atoms with Crippen molar-refractivity contribution in [1.29, 1.82) is 0 Å². The number of benzene rings is 1. The molecule has 0 aromatic heterocycles. The Morgan fingerprint density at radius 1 is 1.27 bits per heavy atom. The van der Waals surface area contributed by atoms with Crippen molar-refractivity contribution >= 4 is 12.4 Å². The van der Waals surface area contributed by atoms with Crippen LogP contribution in [0.5, 0.6) is 0 Å². The van der Waals surface area contributed by atoms with E-state index in [-0.39, 0.29) is 11.6 Å². The second-order valence-corrected chi connectivity index (χ2v) is 8.50. The summed E-state index contributed by atoms with van der Waals surface area (Å²) in [5.41, 5.74) is 0.448. The zero-order valence-electron chi connectivity index (χ0n) is 15.8. The van der Waals surface area contributed by atoms with E-state index in [1.54, 1.807) is 0 Å². The molecule has 0 saturated heterocycles. The molecule has 2 saturated carbocycles. The molecule has 142 valence electrons. The largest absolute Gasteiger partial charge is 0.443 e. The Bertz CT molecular complexity index is 631. The molecule has 3 rings (SSSR count). The molecule has 2 N–H and O–H groups in total. The molecule has 2 fully saturated rings. The minimum Gasteiger partial charge on any atom is -0.443 e. The molecule has 2 aliphatic rings. The van der Waals surface area contributed by atoms with E-state index in [0.29, 0.717) is 24.9 Å². The predicted molar refractivity (Wildman–Crippen MR) is 101 cm³/mol. The molecule has 5 nitrogen and oxygen atoms in total. The van der Waals surface area contributed by atoms with Crippen molar-refractivity contribution in [3.8, 4) is 0 Å². The van der Waals surface area contributed by atoms with E-state index in [1.165, 1.54) is 0 Å². The number of carbonyl (C=O) groups is 2. The van der Waals surface area contributed by atoms with Gasteiger partial charge in [-0.25, -0.2) is 4.79 Å². The fraction of sp³-hybridized carbons (Fsp3) is 0.619. The first-order chi connectivity index (χ1) is 12.4. The van der Waals surface area contributed by atoms with Gasteiger partial charge in [-0.1, -0.05) is 37.3 Å². The Labute approximate surface area is 155 Å². The molecular formula is C21H30N2O3. The number of amides is 1. The van der Waals surface area contributed by atoms with Crippen LogP contribution in [-0.4, -0.2) is 30.1 Å². The van der Waals surface area contributed by atoms with E-state index in [1.807, 2.05) is 37.3 Å². The fourth-order valence-corrected chi connectivity index (χ4v) is 5.31. The standard InChI is InChI=1S/C21H30N2O3/c1-16-10-18-12-20(2,15-21(11-16,13-18)23-8-9-24)26-19(25)22-14-17-6-4-3-5-7-17/h3-7,9,16,18,23H,8,10-15H2,1-2H3,(H,22,25). The zero-order valence-corrected chi connectivity index (χ0v) is 15.8. The number of aldehydes is 1. The summed E-state index contributed by atoms with van der Waals surface area (Å²) in [5.74, 6) is 1.16. The molecule has 2 bridgehead atoms. The van der Waals surface area contributed by atoms with Crippen molar-refractivity contribution in [3.05, 3.63) is 35.9 Å². The van der Waals surface area contributed by atoms with Crippen LogP contribution in [-0.2, 0) is 16.1 Å². The van der Waals surface area contributed by atoms with Crippen molar-refractivity contribution < 1.29 is 14.3 Å². The van der Waals surface area contributed by atoms with Crippen LogP contribution >= 0.6 is 0 Å². The third-order valence-corrected chi connectivity index (χ3v) is 5.77. The monoisotopic (exact) mass is 358 g/mol. The summed E-state index contributed by atoms with van der Waals surface area (Å²) in [6.07, 6.45) is 5.46. The molecule has 1 amide bonds. The number of hydrogen-bond donors (Lipinski definition) is 2. The maximum atomic E-state index is 12.4. The molecule has 2 aliphatic carbocycles. The smallest absolute Gasteiger partial charge is 0.407 e. The number of hydrogen-bond acceptors (Lipinski definition) is 4. The number of fused-ring (bicyclic) bond motifs is 2. The third-order valence-electron chi connectivity index (χ3n) is 5.77. The van der Waals surface area contributed by atoms with Gasteiger partial charge in [0.15, 0.2) is 0 Å². The lowest BCUT2D eigenvalue weighted by Gasteiger charge is -2.54. The number of ether oxygens (including phenoxy) is 1. The SMILES string of the molecule is CC1CC2CC(NCC=O)(C1)CC(C)(OC(=O)NCc1ccccc1)C2. The lowest BCUT2D eigenvalue weighted by molar-refractivity contribution is -0.109. The number of alkyl carbamates (subject to hydrolysis) is 1. The minimum absolute atomic E-state index is 0.101. The first-order valence-corrected chi connectivity index (χ1v) is 9.61. The second-order valence-electron chi connectivity index (χ2n) is 8.50. The summed E-state index contributed by atoms with van der Waals surface area (Å²) in [4.78, 5) is 23.3. The van der Waals surface area contributed by atoms with Crippen LogP contribution < -0.4 is 10.6 Å². The maximum absolute atomic E-state index is 12.4. The summed E-state index contributed by atoms with van der Waals surface area (Å²) in [7, 11) is 0. The van der Waals surface area contributed by atoms with Gasteiger partial charge in [-0.05, 0) is 50.0 Å². The zero-order chi connectivity index (χ0) is 18.6. The van der Waals surface area contributed by atoms with Gasteiger partial charge in [-0.15, -0.1) is 0 Å². The van der Waals surface area contributed by atoms with E-state index >= 15 is 0 Å². The first-order valence-electron chi connectivity index (χ1n) is 9.61. The van der Waals surface area contributed by atoms with E-state index < -0.39 is 5.60 Å². The summed E-state index contributed by atoms with van der Waals surface area (Å²) in [6.45, 7) is 5.13. The average Bonchev–Trinajstić information content (AvgIpc) is 2.57. The molecule has 4 unspecified atom stereocenters. The Kier molecular flexibility index (Phi) is 5.66. The normalized spacial score (nSPS) is 33.3. The van der Waals surface area contributed by atoms with E-state index in [9.17, 15) is 9.59 Å². The van der Waals surface area contributed by atoms with Crippen molar-refractivity contribution in [2.75, 3.05) is 6.54 Å². The second kappa shape index (κ2) is 7.78. The molecule has 1 aromatic rings. The van der Waals surface area contributed by atoms with Crippen LogP contribution in [0, 0.1) is 11.8 Å². The quantitative estimate of drug-likeness (QED) is 0.765. The molecule has 1 aromatic carbocycles. The van der Waals surface area contributed by atoms with Crippen LogP contribution in [0.15, 0.2) is 30.3 Å². The van der Waals surface area contributed by atoms with Crippen molar-refractivity contribution in [2.24, 2.45) is 11.8 Å². The van der Waals surface area contributed by atoms with Gasteiger partial charge < -0.3 is 20.2 Å². The van der Waals surface area contributed by atoms with Gasteiger partial charge in [0.25, 0.3) is 0 Å². The molecule has 5 heteroatoms. The maximum Gasteiger partial charge on any atom is 0.407 e. The summed E-state index contributed by atoms with van der Waals surface area (Å²) >= 11 is 0. The average molecular weight is 358 g/mol. The Hall–Kier alpha value is -1.88. The van der Waals surface area contributed by atoms with E-state index in [2.05, 4.69) is 17.6 Å². The Morgan fingerprint density at radius 3 is 2.77 bits per heavy atom. The van der Waals surface area contributed by atoms with Crippen molar-refractivity contribution in [1.82, 2.24) is 10.6 Å². The summed E-state index contributed by atoms with van der Waals surface area (Å²) < 4.78 is 5.90. The molecule has 0 spiro atoms. The van der Waals surface area contributed by atoms with Gasteiger partial charge >= 0.3 is 6.09 Å². The predicted octanol–water partition coefficient (Wildman–Crippen LogP) is 3.43. The number of carbonyl (C=O) groups excluding carboxylic acids is 2. The van der Waals surface area contributed by atoms with Crippen LogP contribution in [0.25, 0.3) is 0 Å². The lowest BCUT2D eigenvalue weighted by Crippen LogP contribution is -2.60. The van der Waals surface area contributed by atoms with Crippen LogP contribution in [0.3, 0.4) is 0 Å². The van der Waals surface area contributed by atoms with Crippen molar-refractivity contribution in [2.45, 2.75) is 63.6 Å². The van der Waals surface area contributed by atoms with Crippen molar-refractivity contribution in [3.63, 3.8) is 0 Å². The minimum atomic E-state index is -0.500. The van der Waals surface area contributed by atoms with Gasteiger partial charge in [-0.2, -0.15) is 0 Å². The third kappa shape index (κ3) is 4.64. The highest BCUT2D eigenvalue weighted by Gasteiger charge is 2.51. The van der Waals surface area contributed by atoms with Gasteiger partial charge in [0.2, 0.25) is 0 Å². The van der Waals surface area contributed by atoms with Crippen LogP contribution in [0.1, 0.15) is 51.5 Å². The van der Waals surface area contributed by atoms with Crippen LogP contribution in [0.2, 0.25) is 0 Å². The molecule has 0 aliphatic heterocycles. The Morgan fingerprint density at radius 2 is 2.04 bits per heavy atom. The highest BCUT2D eigenvalue weighted by atomic mass is 16.6. The molecule has 26 heavy (non-hydrogen) atoms. The topological polar surface area (TPSA) is 67.4 Å². The molecule has 4 atom stereocenters. The fourth-order valence-electron chi connectivity index (χ4n) is 5.31. The van der Waals surface area contributed by atoms with Crippen LogP contribution in [0.4, 0.5) is 4.79 Å². The molecule has 0 heterocycles. The van der Waals surface area contributed by atoms with Gasteiger partial charge in [0.05, 0.1) is 6.54 Å².